The summed E-state index contributed by atoms with van der Waals surface area (Å²) >= 11 is 0. The van der Waals surface area contributed by atoms with Crippen molar-refractivity contribution < 1.29 is 19.1 Å². The van der Waals surface area contributed by atoms with Gasteiger partial charge in [-0.3, -0.25) is 9.59 Å². The van der Waals surface area contributed by atoms with Gasteiger partial charge < -0.3 is 19.7 Å². The van der Waals surface area contributed by atoms with Gasteiger partial charge in [0.05, 0.1) is 14.2 Å². The maximum absolute atomic E-state index is 12.3. The largest absolute Gasteiger partial charge is 0.496 e. The van der Waals surface area contributed by atoms with Crippen molar-refractivity contribution in [3.05, 3.63) is 36.4 Å². The number of carbonyl (C=O) groups is 2. The molecular weight excluding hydrogens is 284 g/mol. The first-order valence-electron chi connectivity index (χ1n) is 6.90. The van der Waals surface area contributed by atoms with Crippen molar-refractivity contribution >= 4 is 11.8 Å². The van der Waals surface area contributed by atoms with Gasteiger partial charge in [0.15, 0.2) is 0 Å². The van der Waals surface area contributed by atoms with Crippen molar-refractivity contribution in [3.8, 4) is 11.5 Å². The van der Waals surface area contributed by atoms with Crippen LogP contribution in [0.3, 0.4) is 0 Å². The monoisotopic (exact) mass is 306 g/mol. The first kappa shape index (κ1) is 17.6. The molecule has 6 nitrogen and oxygen atoms in total. The Hall–Kier alpha value is -2.50. The number of hydrogen-bond donors (Lipinski definition) is 1. The minimum Gasteiger partial charge on any atom is -0.496 e. The van der Waals surface area contributed by atoms with Gasteiger partial charge in [-0.2, -0.15) is 0 Å². The highest BCUT2D eigenvalue weighted by atomic mass is 16.5. The molecule has 2 amide bonds. The number of ether oxygens (including phenoxy) is 2. The number of rotatable bonds is 8. The SMILES string of the molecule is C=CCN(CCNC(=O)c1c(OC)cccc1OC)C(C)=O. The molecule has 0 spiro atoms. The van der Waals surface area contributed by atoms with E-state index in [1.54, 1.807) is 29.2 Å². The minimum atomic E-state index is -0.309. The average Bonchev–Trinajstić information content (AvgIpc) is 2.52. The number of benzene rings is 1. The highest BCUT2D eigenvalue weighted by Crippen LogP contribution is 2.27. The van der Waals surface area contributed by atoms with E-state index in [0.717, 1.165) is 0 Å². The van der Waals surface area contributed by atoms with Crippen LogP contribution in [0.4, 0.5) is 0 Å². The van der Waals surface area contributed by atoms with E-state index < -0.39 is 0 Å². The zero-order chi connectivity index (χ0) is 16.5. The molecule has 0 aliphatic rings. The zero-order valence-electron chi connectivity index (χ0n) is 13.2. The third kappa shape index (κ3) is 4.51. The topological polar surface area (TPSA) is 67.9 Å². The molecule has 0 unspecified atom stereocenters. The minimum absolute atomic E-state index is 0.0657. The molecule has 0 aliphatic heterocycles. The molecule has 1 rings (SSSR count). The third-order valence-corrected chi connectivity index (χ3v) is 3.12. The molecule has 120 valence electrons. The smallest absolute Gasteiger partial charge is 0.258 e. The number of amides is 2. The van der Waals surface area contributed by atoms with E-state index in [2.05, 4.69) is 11.9 Å². The molecule has 22 heavy (non-hydrogen) atoms. The fourth-order valence-corrected chi connectivity index (χ4v) is 2.00. The predicted molar refractivity (Wildman–Crippen MR) is 84.3 cm³/mol. The summed E-state index contributed by atoms with van der Waals surface area (Å²) in [6.07, 6.45) is 1.65. The van der Waals surface area contributed by atoms with Crippen LogP contribution in [0.15, 0.2) is 30.9 Å². The van der Waals surface area contributed by atoms with Crippen molar-refractivity contribution in [2.75, 3.05) is 33.9 Å². The second-order valence-corrected chi connectivity index (χ2v) is 4.55. The lowest BCUT2D eigenvalue weighted by Crippen LogP contribution is -2.37. The van der Waals surface area contributed by atoms with E-state index in [9.17, 15) is 9.59 Å². The Morgan fingerprint density at radius 1 is 1.27 bits per heavy atom. The Labute approximate surface area is 130 Å². The standard InChI is InChI=1S/C16H22N2O4/c1-5-10-18(12(2)19)11-9-17-16(20)15-13(21-3)7-6-8-14(15)22-4/h5-8H,1,9-11H2,2-4H3,(H,17,20). The molecule has 6 heteroatoms. The fraction of sp³-hybridized carbons (Fsp3) is 0.375. The van der Waals surface area contributed by atoms with Crippen LogP contribution in [0.25, 0.3) is 0 Å². The summed E-state index contributed by atoms with van der Waals surface area (Å²) in [6, 6.07) is 5.13. The Bertz CT molecular complexity index is 521. The molecule has 1 aromatic carbocycles. The molecule has 0 atom stereocenters. The molecule has 0 bridgehead atoms. The van der Waals surface area contributed by atoms with E-state index in [4.69, 9.17) is 9.47 Å². The van der Waals surface area contributed by atoms with Crippen LogP contribution in [0.1, 0.15) is 17.3 Å². The predicted octanol–water partition coefficient (Wildman–Crippen LogP) is 1.47. The van der Waals surface area contributed by atoms with E-state index >= 15 is 0 Å². The highest BCUT2D eigenvalue weighted by molar-refractivity contribution is 5.99. The van der Waals surface area contributed by atoms with E-state index in [1.807, 2.05) is 0 Å². The average molecular weight is 306 g/mol. The first-order chi connectivity index (χ1) is 10.5. The summed E-state index contributed by atoms with van der Waals surface area (Å²) in [5, 5.41) is 2.77. The molecule has 0 aliphatic carbocycles. The molecule has 0 saturated carbocycles. The van der Waals surface area contributed by atoms with Gasteiger partial charge in [-0.05, 0) is 12.1 Å². The van der Waals surface area contributed by atoms with Gasteiger partial charge in [0.1, 0.15) is 17.1 Å². The summed E-state index contributed by atoms with van der Waals surface area (Å²) in [6.45, 7) is 6.27. The van der Waals surface area contributed by atoms with Crippen molar-refractivity contribution in [2.45, 2.75) is 6.92 Å². The van der Waals surface area contributed by atoms with Gasteiger partial charge in [-0.1, -0.05) is 12.1 Å². The summed E-state index contributed by atoms with van der Waals surface area (Å²) < 4.78 is 10.4. The Morgan fingerprint density at radius 2 is 1.86 bits per heavy atom. The normalized spacial score (nSPS) is 9.77. The lowest BCUT2D eigenvalue weighted by atomic mass is 10.1. The van der Waals surface area contributed by atoms with Crippen LogP contribution in [0.5, 0.6) is 11.5 Å². The zero-order valence-corrected chi connectivity index (χ0v) is 13.2. The molecular formula is C16H22N2O4. The lowest BCUT2D eigenvalue weighted by Gasteiger charge is -2.19. The quantitative estimate of drug-likeness (QED) is 0.739. The molecule has 0 heterocycles. The van der Waals surface area contributed by atoms with Gasteiger partial charge in [0, 0.05) is 26.6 Å². The van der Waals surface area contributed by atoms with Crippen LogP contribution >= 0.6 is 0 Å². The summed E-state index contributed by atoms with van der Waals surface area (Å²) in [5.74, 6) is 0.498. The maximum atomic E-state index is 12.3. The molecule has 1 N–H and O–H groups in total. The van der Waals surface area contributed by atoms with Gasteiger partial charge in [0.25, 0.3) is 5.91 Å². The fourth-order valence-electron chi connectivity index (χ4n) is 2.00. The third-order valence-electron chi connectivity index (χ3n) is 3.12. The molecule has 1 aromatic rings. The number of nitrogens with zero attached hydrogens (tertiary/aromatic N) is 1. The van der Waals surface area contributed by atoms with Gasteiger partial charge in [-0.25, -0.2) is 0 Å². The number of methoxy groups -OCH3 is 2. The number of hydrogen-bond acceptors (Lipinski definition) is 4. The van der Waals surface area contributed by atoms with E-state index in [0.29, 0.717) is 36.7 Å². The van der Waals surface area contributed by atoms with Gasteiger partial charge >= 0.3 is 0 Å². The maximum Gasteiger partial charge on any atom is 0.258 e. The van der Waals surface area contributed by atoms with Crippen LogP contribution in [0.2, 0.25) is 0 Å². The van der Waals surface area contributed by atoms with Crippen LogP contribution < -0.4 is 14.8 Å². The second-order valence-electron chi connectivity index (χ2n) is 4.55. The van der Waals surface area contributed by atoms with Crippen molar-refractivity contribution in [1.82, 2.24) is 10.2 Å². The van der Waals surface area contributed by atoms with Crippen molar-refractivity contribution in [1.29, 1.82) is 0 Å². The van der Waals surface area contributed by atoms with Crippen LogP contribution in [-0.2, 0) is 4.79 Å². The number of carbonyl (C=O) groups excluding carboxylic acids is 2. The Kier molecular flexibility index (Phi) is 6.95. The molecule has 0 radical (unpaired) electrons. The Morgan fingerprint density at radius 3 is 2.32 bits per heavy atom. The van der Waals surface area contributed by atoms with Gasteiger partial charge in [0.2, 0.25) is 5.91 Å². The van der Waals surface area contributed by atoms with Crippen LogP contribution in [-0.4, -0.2) is 50.6 Å². The Balaban J connectivity index is 2.73. The van der Waals surface area contributed by atoms with Crippen molar-refractivity contribution in [3.63, 3.8) is 0 Å². The summed E-state index contributed by atoms with van der Waals surface area (Å²) in [5.41, 5.74) is 0.339. The van der Waals surface area contributed by atoms with E-state index in [-0.39, 0.29) is 11.8 Å². The van der Waals surface area contributed by atoms with Gasteiger partial charge in [-0.15, -0.1) is 6.58 Å². The second kappa shape index (κ2) is 8.71. The van der Waals surface area contributed by atoms with Crippen LogP contribution in [0, 0.1) is 0 Å². The molecule has 0 saturated heterocycles. The summed E-state index contributed by atoms with van der Waals surface area (Å²) in [7, 11) is 2.99. The lowest BCUT2D eigenvalue weighted by molar-refractivity contribution is -0.128. The number of nitrogens with one attached hydrogen (secondary N) is 1. The summed E-state index contributed by atoms with van der Waals surface area (Å²) in [4.78, 5) is 25.3. The highest BCUT2D eigenvalue weighted by Gasteiger charge is 2.18. The molecule has 0 fully saturated rings. The molecule has 0 aromatic heterocycles. The van der Waals surface area contributed by atoms with Crippen molar-refractivity contribution in [2.24, 2.45) is 0 Å². The first-order valence-corrected chi connectivity index (χ1v) is 6.90. The van der Waals surface area contributed by atoms with E-state index in [1.165, 1.54) is 21.1 Å².